The van der Waals surface area contributed by atoms with Crippen LogP contribution in [0.3, 0.4) is 0 Å². The number of hydrogen-bond donors (Lipinski definition) is 0. The third kappa shape index (κ3) is 2.97. The Hall–Kier alpha value is -1.41. The van der Waals surface area contributed by atoms with Gasteiger partial charge in [-0.1, -0.05) is 71.4 Å². The molecule has 1 aliphatic rings. The third-order valence-electron chi connectivity index (χ3n) is 4.82. The van der Waals surface area contributed by atoms with Gasteiger partial charge in [0.05, 0.1) is 15.7 Å². The first-order valence-corrected chi connectivity index (χ1v) is 9.82. The molecule has 0 saturated heterocycles. The van der Waals surface area contributed by atoms with Crippen molar-refractivity contribution in [3.8, 4) is 0 Å². The smallest absolute Gasteiger partial charge is 0.0858 e. The third-order valence-corrected chi connectivity index (χ3v) is 6.47. The SMILES string of the molecule is Cc1ccc2c(c1)Cc1cc(C(C)(C)C)cc(C(C)(C)C)c1S2=O. The molecule has 0 spiro atoms. The van der Waals surface area contributed by atoms with Crippen molar-refractivity contribution in [1.29, 1.82) is 0 Å². The second-order valence-corrected chi connectivity index (χ2v) is 10.5. The van der Waals surface area contributed by atoms with Crippen LogP contribution < -0.4 is 0 Å². The first kappa shape index (κ1) is 17.4. The van der Waals surface area contributed by atoms with E-state index in [0.717, 1.165) is 16.2 Å². The van der Waals surface area contributed by atoms with E-state index in [4.69, 9.17) is 0 Å². The highest BCUT2D eigenvalue weighted by Gasteiger charge is 2.31. The van der Waals surface area contributed by atoms with Crippen LogP contribution in [0.15, 0.2) is 40.1 Å². The monoisotopic (exact) mass is 340 g/mol. The van der Waals surface area contributed by atoms with Crippen LogP contribution in [-0.2, 0) is 28.1 Å². The molecule has 1 atom stereocenters. The summed E-state index contributed by atoms with van der Waals surface area (Å²) in [6.07, 6.45) is 0.880. The zero-order valence-corrected chi connectivity index (χ0v) is 16.7. The quantitative estimate of drug-likeness (QED) is 0.516. The summed E-state index contributed by atoms with van der Waals surface area (Å²) in [7, 11) is -1.09. The lowest BCUT2D eigenvalue weighted by molar-refractivity contribution is 0.554. The average Bonchev–Trinajstić information content (AvgIpc) is 2.43. The first-order valence-electron chi connectivity index (χ1n) is 8.67. The van der Waals surface area contributed by atoms with Gasteiger partial charge in [0.2, 0.25) is 0 Å². The van der Waals surface area contributed by atoms with Crippen LogP contribution in [0.1, 0.15) is 69.4 Å². The molecule has 0 N–H and O–H groups in total. The van der Waals surface area contributed by atoms with Gasteiger partial charge in [0.1, 0.15) is 0 Å². The topological polar surface area (TPSA) is 17.1 Å². The Morgan fingerprint density at radius 3 is 2.12 bits per heavy atom. The molecular weight excluding hydrogens is 312 g/mol. The normalized spacial score (nSPS) is 17.4. The molecule has 1 heterocycles. The van der Waals surface area contributed by atoms with Crippen LogP contribution in [0.2, 0.25) is 0 Å². The van der Waals surface area contributed by atoms with Gasteiger partial charge in [-0.2, -0.15) is 0 Å². The average molecular weight is 341 g/mol. The van der Waals surface area contributed by atoms with Gasteiger partial charge in [-0.05, 0) is 52.5 Å². The number of hydrogen-bond acceptors (Lipinski definition) is 1. The van der Waals surface area contributed by atoms with Crippen molar-refractivity contribution in [1.82, 2.24) is 0 Å². The van der Waals surface area contributed by atoms with Gasteiger partial charge in [0.25, 0.3) is 0 Å². The van der Waals surface area contributed by atoms with Gasteiger partial charge < -0.3 is 0 Å². The largest absolute Gasteiger partial charge is 0.249 e. The van der Waals surface area contributed by atoms with Crippen LogP contribution in [0, 0.1) is 6.92 Å². The maximum atomic E-state index is 13.4. The number of rotatable bonds is 0. The highest BCUT2D eigenvalue weighted by Crippen LogP contribution is 2.41. The Kier molecular flexibility index (Phi) is 4.03. The van der Waals surface area contributed by atoms with E-state index in [1.807, 2.05) is 6.07 Å². The van der Waals surface area contributed by atoms with Crippen molar-refractivity contribution in [2.75, 3.05) is 0 Å². The van der Waals surface area contributed by atoms with Crippen LogP contribution in [-0.4, -0.2) is 4.21 Å². The Morgan fingerprint density at radius 2 is 1.54 bits per heavy atom. The fourth-order valence-electron chi connectivity index (χ4n) is 3.37. The lowest BCUT2D eigenvalue weighted by atomic mass is 9.78. The summed E-state index contributed by atoms with van der Waals surface area (Å²) in [5.74, 6) is 0. The first-order chi connectivity index (χ1) is 11.0. The molecule has 0 radical (unpaired) electrons. The lowest BCUT2D eigenvalue weighted by Crippen LogP contribution is -2.23. The molecular formula is C22H28OS. The molecule has 3 rings (SSSR count). The minimum absolute atomic E-state index is 0.0246. The zero-order chi connectivity index (χ0) is 17.9. The predicted octanol–water partition coefficient (Wildman–Crippen LogP) is 5.66. The van der Waals surface area contributed by atoms with Crippen molar-refractivity contribution in [3.05, 3.63) is 58.1 Å². The summed E-state index contributed by atoms with van der Waals surface area (Å²) in [6, 6.07) is 10.9. The van der Waals surface area contributed by atoms with Crippen LogP contribution in [0.25, 0.3) is 0 Å². The Labute approximate surface area is 149 Å². The molecule has 0 aromatic heterocycles. The van der Waals surface area contributed by atoms with E-state index in [1.165, 1.54) is 27.8 Å². The van der Waals surface area contributed by atoms with Gasteiger partial charge in [0, 0.05) is 4.90 Å². The fourth-order valence-corrected chi connectivity index (χ4v) is 5.09. The fraction of sp³-hybridized carbons (Fsp3) is 0.455. The van der Waals surface area contributed by atoms with E-state index in [1.54, 1.807) is 0 Å². The highest BCUT2D eigenvalue weighted by atomic mass is 32.2. The molecule has 1 aliphatic heterocycles. The molecule has 2 aromatic carbocycles. The van der Waals surface area contributed by atoms with Crippen molar-refractivity contribution in [2.45, 2.75) is 75.5 Å². The lowest BCUT2D eigenvalue weighted by Gasteiger charge is -2.31. The number of fused-ring (bicyclic) bond motifs is 2. The van der Waals surface area contributed by atoms with Gasteiger partial charge >= 0.3 is 0 Å². The van der Waals surface area contributed by atoms with Crippen LogP contribution in [0.5, 0.6) is 0 Å². The van der Waals surface area contributed by atoms with E-state index in [9.17, 15) is 4.21 Å². The number of benzene rings is 2. The predicted molar refractivity (Wildman–Crippen MR) is 103 cm³/mol. The van der Waals surface area contributed by atoms with Gasteiger partial charge in [-0.3, -0.25) is 0 Å². The summed E-state index contributed by atoms with van der Waals surface area (Å²) in [6.45, 7) is 15.5. The van der Waals surface area contributed by atoms with Gasteiger partial charge in [-0.15, -0.1) is 0 Å². The van der Waals surface area contributed by atoms with Crippen molar-refractivity contribution < 1.29 is 4.21 Å². The second kappa shape index (κ2) is 5.56. The maximum Gasteiger partial charge on any atom is 0.0858 e. The van der Waals surface area contributed by atoms with Crippen molar-refractivity contribution in [2.24, 2.45) is 0 Å². The molecule has 0 fully saturated rings. The summed E-state index contributed by atoms with van der Waals surface area (Å²) in [5, 5.41) is 0. The van der Waals surface area contributed by atoms with E-state index in [0.29, 0.717) is 0 Å². The van der Waals surface area contributed by atoms with Crippen molar-refractivity contribution in [3.63, 3.8) is 0 Å². The van der Waals surface area contributed by atoms with Crippen LogP contribution >= 0.6 is 0 Å². The molecule has 24 heavy (non-hydrogen) atoms. The minimum atomic E-state index is -1.09. The molecule has 0 bridgehead atoms. The summed E-state index contributed by atoms with van der Waals surface area (Å²) in [5.41, 5.74) is 6.31. The molecule has 0 amide bonds. The van der Waals surface area contributed by atoms with Gasteiger partial charge in [0.15, 0.2) is 0 Å². The minimum Gasteiger partial charge on any atom is -0.249 e. The van der Waals surface area contributed by atoms with E-state index in [-0.39, 0.29) is 10.8 Å². The molecule has 0 saturated carbocycles. The second-order valence-electron chi connectivity index (χ2n) is 9.07. The number of aryl methyl sites for hydroxylation is 1. The highest BCUT2D eigenvalue weighted by molar-refractivity contribution is 7.85. The molecule has 2 aromatic rings. The molecule has 128 valence electrons. The van der Waals surface area contributed by atoms with Crippen molar-refractivity contribution >= 4 is 10.8 Å². The van der Waals surface area contributed by atoms with Crippen LogP contribution in [0.4, 0.5) is 0 Å². The summed E-state index contributed by atoms with van der Waals surface area (Å²) in [4.78, 5) is 2.04. The maximum absolute atomic E-state index is 13.4. The Bertz CT molecular complexity index is 832. The zero-order valence-electron chi connectivity index (χ0n) is 15.9. The van der Waals surface area contributed by atoms with E-state index in [2.05, 4.69) is 72.7 Å². The molecule has 1 nitrogen and oxygen atoms in total. The Balaban J connectivity index is 2.30. The summed E-state index contributed by atoms with van der Waals surface area (Å²) < 4.78 is 13.4. The summed E-state index contributed by atoms with van der Waals surface area (Å²) >= 11 is 0. The standard InChI is InChI=1S/C22H28OS/c1-14-8-9-19-15(10-14)11-16-12-17(21(2,3)4)13-18(22(5,6)7)20(16)24(19)23/h8-10,12-13H,11H2,1-7H3. The molecule has 0 aliphatic carbocycles. The van der Waals surface area contributed by atoms with E-state index < -0.39 is 10.8 Å². The molecule has 2 heteroatoms. The Morgan fingerprint density at radius 1 is 0.875 bits per heavy atom. The molecule has 1 unspecified atom stereocenters. The van der Waals surface area contributed by atoms with Gasteiger partial charge in [-0.25, -0.2) is 4.21 Å². The van der Waals surface area contributed by atoms with E-state index >= 15 is 0 Å².